The van der Waals surface area contributed by atoms with Gasteiger partial charge in [-0.3, -0.25) is 10.5 Å². The average molecular weight is 256 g/mol. The lowest BCUT2D eigenvalue weighted by Gasteiger charge is -2.15. The number of hydrogen-bond donors (Lipinski definition) is 2. The van der Waals surface area contributed by atoms with E-state index in [-0.39, 0.29) is 5.56 Å². The third-order valence-corrected chi connectivity index (χ3v) is 2.56. The molecule has 1 unspecified atom stereocenters. The number of hydrogen-bond acceptors (Lipinski definition) is 3. The SMILES string of the molecule is Cn1cc(C(NN)c2cc(F)c(F)c(F)c2)cn1. The summed E-state index contributed by atoms with van der Waals surface area (Å²) in [7, 11) is 1.70. The maximum atomic E-state index is 13.2. The van der Waals surface area contributed by atoms with Crippen molar-refractivity contribution in [2.75, 3.05) is 0 Å². The van der Waals surface area contributed by atoms with Crippen LogP contribution in [0.3, 0.4) is 0 Å². The molecular formula is C11H11F3N4. The second-order valence-corrected chi connectivity index (χ2v) is 3.85. The largest absolute Gasteiger partial charge is 0.275 e. The Kier molecular flexibility index (Phi) is 3.35. The number of nitrogens with two attached hydrogens (primary N) is 1. The van der Waals surface area contributed by atoms with Gasteiger partial charge in [0.2, 0.25) is 0 Å². The maximum Gasteiger partial charge on any atom is 0.194 e. The van der Waals surface area contributed by atoms with Crippen LogP contribution in [0.25, 0.3) is 0 Å². The van der Waals surface area contributed by atoms with Crippen molar-refractivity contribution in [3.05, 3.63) is 53.1 Å². The lowest BCUT2D eigenvalue weighted by molar-refractivity contribution is 0.442. The first-order chi connectivity index (χ1) is 8.52. The summed E-state index contributed by atoms with van der Waals surface area (Å²) in [6.07, 6.45) is 3.15. The molecule has 2 aromatic rings. The van der Waals surface area contributed by atoms with Crippen molar-refractivity contribution in [3.63, 3.8) is 0 Å². The van der Waals surface area contributed by atoms with E-state index in [0.717, 1.165) is 12.1 Å². The summed E-state index contributed by atoms with van der Waals surface area (Å²) in [5.41, 5.74) is 3.21. The molecule has 96 valence electrons. The molecule has 0 saturated heterocycles. The van der Waals surface area contributed by atoms with Crippen LogP contribution in [0.15, 0.2) is 24.5 Å². The second kappa shape index (κ2) is 4.79. The minimum Gasteiger partial charge on any atom is -0.275 e. The highest BCUT2D eigenvalue weighted by Crippen LogP contribution is 2.24. The zero-order chi connectivity index (χ0) is 13.3. The Bertz CT molecular complexity index is 544. The first kappa shape index (κ1) is 12.6. The van der Waals surface area contributed by atoms with Crippen LogP contribution in [-0.2, 0) is 7.05 Å². The van der Waals surface area contributed by atoms with Crippen molar-refractivity contribution in [2.45, 2.75) is 6.04 Å². The van der Waals surface area contributed by atoms with E-state index in [2.05, 4.69) is 10.5 Å². The van der Waals surface area contributed by atoms with Gasteiger partial charge in [0.25, 0.3) is 0 Å². The van der Waals surface area contributed by atoms with Gasteiger partial charge in [0.05, 0.1) is 12.2 Å². The van der Waals surface area contributed by atoms with Gasteiger partial charge in [-0.05, 0) is 17.7 Å². The Labute approximate surface area is 101 Å². The van der Waals surface area contributed by atoms with Gasteiger partial charge in [-0.25, -0.2) is 18.6 Å². The highest BCUT2D eigenvalue weighted by atomic mass is 19.2. The fourth-order valence-electron chi connectivity index (χ4n) is 1.72. The molecule has 1 atom stereocenters. The molecule has 1 aromatic heterocycles. The maximum absolute atomic E-state index is 13.2. The summed E-state index contributed by atoms with van der Waals surface area (Å²) in [6, 6.07) is 1.13. The van der Waals surface area contributed by atoms with Gasteiger partial charge in [-0.2, -0.15) is 5.10 Å². The van der Waals surface area contributed by atoms with E-state index < -0.39 is 23.5 Å². The zero-order valence-electron chi connectivity index (χ0n) is 9.49. The number of aromatic nitrogens is 2. The van der Waals surface area contributed by atoms with Gasteiger partial charge in [-0.1, -0.05) is 0 Å². The lowest BCUT2D eigenvalue weighted by atomic mass is 10.0. The van der Waals surface area contributed by atoms with Crippen molar-refractivity contribution in [2.24, 2.45) is 12.9 Å². The lowest BCUT2D eigenvalue weighted by Crippen LogP contribution is -2.28. The minimum atomic E-state index is -1.50. The number of nitrogens with one attached hydrogen (secondary N) is 1. The Morgan fingerprint density at radius 3 is 2.28 bits per heavy atom. The van der Waals surface area contributed by atoms with Crippen LogP contribution in [0.5, 0.6) is 0 Å². The summed E-state index contributed by atoms with van der Waals surface area (Å²) in [6.45, 7) is 0. The molecule has 1 heterocycles. The van der Waals surface area contributed by atoms with E-state index in [4.69, 9.17) is 5.84 Å². The highest BCUT2D eigenvalue weighted by molar-refractivity contribution is 5.30. The fourth-order valence-corrected chi connectivity index (χ4v) is 1.72. The summed E-state index contributed by atoms with van der Waals surface area (Å²) >= 11 is 0. The molecule has 0 bridgehead atoms. The molecule has 0 radical (unpaired) electrons. The predicted octanol–water partition coefficient (Wildman–Crippen LogP) is 1.39. The molecule has 0 spiro atoms. The summed E-state index contributed by atoms with van der Waals surface area (Å²) in [5, 5.41) is 3.93. The number of hydrazine groups is 1. The molecular weight excluding hydrogens is 245 g/mol. The van der Waals surface area contributed by atoms with Crippen molar-refractivity contribution >= 4 is 0 Å². The highest BCUT2D eigenvalue weighted by Gasteiger charge is 2.19. The summed E-state index contributed by atoms with van der Waals surface area (Å²) in [4.78, 5) is 0. The van der Waals surface area contributed by atoms with Crippen molar-refractivity contribution in [1.29, 1.82) is 0 Å². The van der Waals surface area contributed by atoms with Crippen LogP contribution >= 0.6 is 0 Å². The third kappa shape index (κ3) is 2.22. The molecule has 1 aromatic carbocycles. The van der Waals surface area contributed by atoms with Gasteiger partial charge in [0.15, 0.2) is 17.5 Å². The van der Waals surface area contributed by atoms with E-state index in [9.17, 15) is 13.2 Å². The fraction of sp³-hybridized carbons (Fsp3) is 0.182. The normalized spacial score (nSPS) is 12.7. The standard InChI is InChI=1S/C11H11F3N4/c1-18-5-7(4-16-18)11(17-15)6-2-8(12)10(14)9(13)3-6/h2-5,11,17H,15H2,1H3. The Morgan fingerprint density at radius 2 is 1.83 bits per heavy atom. The van der Waals surface area contributed by atoms with E-state index in [1.54, 1.807) is 13.2 Å². The number of aryl methyl sites for hydroxylation is 1. The van der Waals surface area contributed by atoms with Crippen LogP contribution in [0.2, 0.25) is 0 Å². The molecule has 0 saturated carbocycles. The predicted molar refractivity (Wildman–Crippen MR) is 58.7 cm³/mol. The molecule has 0 aliphatic heterocycles. The summed E-state index contributed by atoms with van der Waals surface area (Å²) in [5.74, 6) is 1.35. The number of halogens is 3. The van der Waals surface area contributed by atoms with E-state index in [0.29, 0.717) is 5.56 Å². The Balaban J connectivity index is 2.45. The number of nitrogens with zero attached hydrogens (tertiary/aromatic N) is 2. The molecule has 7 heteroatoms. The van der Waals surface area contributed by atoms with Crippen molar-refractivity contribution in [3.8, 4) is 0 Å². The van der Waals surface area contributed by atoms with Crippen LogP contribution in [0.4, 0.5) is 13.2 Å². The van der Waals surface area contributed by atoms with E-state index >= 15 is 0 Å². The second-order valence-electron chi connectivity index (χ2n) is 3.85. The first-order valence-electron chi connectivity index (χ1n) is 5.12. The van der Waals surface area contributed by atoms with Gasteiger partial charge in [0.1, 0.15) is 0 Å². The first-order valence-corrected chi connectivity index (χ1v) is 5.12. The molecule has 0 fully saturated rings. The topological polar surface area (TPSA) is 55.9 Å². The van der Waals surface area contributed by atoms with Gasteiger partial charge in [-0.15, -0.1) is 0 Å². The molecule has 3 N–H and O–H groups in total. The van der Waals surface area contributed by atoms with E-state index in [1.165, 1.54) is 10.9 Å². The van der Waals surface area contributed by atoms with E-state index in [1.807, 2.05) is 0 Å². The van der Waals surface area contributed by atoms with Crippen LogP contribution in [0.1, 0.15) is 17.2 Å². The minimum absolute atomic E-state index is 0.182. The van der Waals surface area contributed by atoms with Crippen molar-refractivity contribution in [1.82, 2.24) is 15.2 Å². The third-order valence-electron chi connectivity index (χ3n) is 2.56. The summed E-state index contributed by atoms with van der Waals surface area (Å²) < 4.78 is 40.7. The molecule has 0 aliphatic carbocycles. The van der Waals surface area contributed by atoms with Crippen LogP contribution < -0.4 is 11.3 Å². The number of benzene rings is 1. The van der Waals surface area contributed by atoms with Crippen molar-refractivity contribution < 1.29 is 13.2 Å². The van der Waals surface area contributed by atoms with Gasteiger partial charge >= 0.3 is 0 Å². The average Bonchev–Trinajstić information content (AvgIpc) is 2.73. The molecule has 2 rings (SSSR count). The zero-order valence-corrected chi connectivity index (χ0v) is 9.49. The monoisotopic (exact) mass is 256 g/mol. The molecule has 0 aliphatic rings. The Morgan fingerprint density at radius 1 is 1.22 bits per heavy atom. The number of rotatable bonds is 3. The van der Waals surface area contributed by atoms with Crippen LogP contribution in [-0.4, -0.2) is 9.78 Å². The Hall–Kier alpha value is -1.86. The molecule has 0 amide bonds. The van der Waals surface area contributed by atoms with Gasteiger partial charge < -0.3 is 0 Å². The quantitative estimate of drug-likeness (QED) is 0.495. The molecule has 18 heavy (non-hydrogen) atoms. The van der Waals surface area contributed by atoms with Gasteiger partial charge in [0, 0.05) is 18.8 Å². The molecule has 4 nitrogen and oxygen atoms in total. The smallest absolute Gasteiger partial charge is 0.194 e. The van der Waals surface area contributed by atoms with Crippen LogP contribution in [0, 0.1) is 17.5 Å².